The number of hydrogen-bond donors (Lipinski definition) is 2. The van der Waals surface area contributed by atoms with Crippen molar-refractivity contribution >= 4 is 5.91 Å². The first-order valence-electron chi connectivity index (χ1n) is 7.95. The zero-order chi connectivity index (χ0) is 15.1. The monoisotopic (exact) mass is 286 g/mol. The van der Waals surface area contributed by atoms with Gasteiger partial charge in [0.25, 0.3) is 0 Å². The Morgan fingerprint density at radius 1 is 1.24 bits per heavy atom. The van der Waals surface area contributed by atoms with Gasteiger partial charge in [0.1, 0.15) is 0 Å². The molecule has 0 saturated carbocycles. The van der Waals surface area contributed by atoms with E-state index in [4.69, 9.17) is 0 Å². The van der Waals surface area contributed by atoms with Crippen LogP contribution in [0, 0.1) is 0 Å². The Bertz CT molecular complexity index is 489. The fourth-order valence-electron chi connectivity index (χ4n) is 3.06. The fraction of sp³-hybridized carbons (Fsp3) is 0.500. The number of carbonyl (C=O) groups excluding carboxylic acids is 1. The summed E-state index contributed by atoms with van der Waals surface area (Å²) in [6, 6.07) is 10.2. The molecule has 1 aliphatic rings. The molecular formula is C18H26N2O. The van der Waals surface area contributed by atoms with E-state index in [9.17, 15) is 4.79 Å². The highest BCUT2D eigenvalue weighted by Gasteiger charge is 2.36. The average molecular weight is 286 g/mol. The second kappa shape index (κ2) is 7.41. The molecule has 1 heterocycles. The third-order valence-corrected chi connectivity index (χ3v) is 4.60. The van der Waals surface area contributed by atoms with Crippen LogP contribution in [-0.4, -0.2) is 25.5 Å². The van der Waals surface area contributed by atoms with Crippen molar-refractivity contribution in [2.45, 2.75) is 38.5 Å². The Kier molecular flexibility index (Phi) is 5.57. The molecule has 1 aliphatic heterocycles. The quantitative estimate of drug-likeness (QED) is 0.790. The lowest BCUT2D eigenvalue weighted by Crippen LogP contribution is -2.44. The molecule has 3 nitrogen and oxygen atoms in total. The molecule has 0 spiro atoms. The highest BCUT2D eigenvalue weighted by Crippen LogP contribution is 2.31. The van der Waals surface area contributed by atoms with Gasteiger partial charge in [-0.15, -0.1) is 0 Å². The summed E-state index contributed by atoms with van der Waals surface area (Å²) in [5.74, 6) is 0.151. The van der Waals surface area contributed by atoms with Gasteiger partial charge in [-0.05, 0) is 31.4 Å². The van der Waals surface area contributed by atoms with E-state index in [1.165, 1.54) is 5.57 Å². The van der Waals surface area contributed by atoms with Gasteiger partial charge in [-0.25, -0.2) is 0 Å². The molecule has 0 aromatic heterocycles. The summed E-state index contributed by atoms with van der Waals surface area (Å²) in [6.45, 7) is 6.79. The molecule has 1 amide bonds. The van der Waals surface area contributed by atoms with Gasteiger partial charge in [0, 0.05) is 13.1 Å². The summed E-state index contributed by atoms with van der Waals surface area (Å²) in [5, 5.41) is 6.45. The summed E-state index contributed by atoms with van der Waals surface area (Å²) in [5.41, 5.74) is 2.04. The number of hydrogen-bond acceptors (Lipinski definition) is 2. The minimum atomic E-state index is -0.408. The van der Waals surface area contributed by atoms with E-state index in [1.807, 2.05) is 18.2 Å². The smallest absolute Gasteiger partial charge is 0.230 e. The third-order valence-electron chi connectivity index (χ3n) is 4.60. The van der Waals surface area contributed by atoms with Gasteiger partial charge < -0.3 is 10.6 Å². The van der Waals surface area contributed by atoms with Crippen LogP contribution in [0.2, 0.25) is 0 Å². The number of rotatable bonds is 6. The van der Waals surface area contributed by atoms with Crippen LogP contribution in [0.25, 0.3) is 0 Å². The molecule has 3 heteroatoms. The number of nitrogens with one attached hydrogen (secondary N) is 2. The summed E-state index contributed by atoms with van der Waals surface area (Å²) in [4.78, 5) is 12.8. The lowest BCUT2D eigenvalue weighted by molar-refractivity contribution is -0.127. The van der Waals surface area contributed by atoms with Crippen LogP contribution < -0.4 is 10.6 Å². The van der Waals surface area contributed by atoms with Crippen LogP contribution in [0.4, 0.5) is 0 Å². The second-order valence-electron chi connectivity index (χ2n) is 5.65. The highest BCUT2D eigenvalue weighted by molar-refractivity contribution is 5.88. The maximum absolute atomic E-state index is 12.8. The minimum Gasteiger partial charge on any atom is -0.352 e. The number of amides is 1. The molecule has 0 fully saturated rings. The predicted molar refractivity (Wildman–Crippen MR) is 87.3 cm³/mol. The Balaban J connectivity index is 2.10. The van der Waals surface area contributed by atoms with Crippen molar-refractivity contribution in [3.8, 4) is 0 Å². The molecule has 0 aliphatic carbocycles. The molecule has 0 bridgehead atoms. The van der Waals surface area contributed by atoms with Gasteiger partial charge in [-0.3, -0.25) is 4.79 Å². The van der Waals surface area contributed by atoms with E-state index < -0.39 is 5.41 Å². The van der Waals surface area contributed by atoms with Gasteiger partial charge in [0.2, 0.25) is 5.91 Å². The van der Waals surface area contributed by atoms with Gasteiger partial charge >= 0.3 is 0 Å². The summed E-state index contributed by atoms with van der Waals surface area (Å²) < 4.78 is 0. The molecule has 0 atom stereocenters. The highest BCUT2D eigenvalue weighted by atomic mass is 16.2. The molecule has 0 saturated heterocycles. The molecular weight excluding hydrogens is 260 g/mol. The minimum absolute atomic E-state index is 0.151. The van der Waals surface area contributed by atoms with E-state index in [1.54, 1.807) is 0 Å². The van der Waals surface area contributed by atoms with E-state index in [0.29, 0.717) is 6.54 Å². The average Bonchev–Trinajstić information content (AvgIpc) is 2.56. The van der Waals surface area contributed by atoms with Crippen LogP contribution in [0.5, 0.6) is 0 Å². The Morgan fingerprint density at radius 2 is 1.95 bits per heavy atom. The summed E-state index contributed by atoms with van der Waals surface area (Å²) in [6.07, 6.45) is 4.85. The van der Waals surface area contributed by atoms with Crippen molar-refractivity contribution in [2.75, 3.05) is 19.6 Å². The van der Waals surface area contributed by atoms with Crippen LogP contribution >= 0.6 is 0 Å². The van der Waals surface area contributed by atoms with Crippen molar-refractivity contribution in [3.05, 3.63) is 47.5 Å². The van der Waals surface area contributed by atoms with Crippen molar-refractivity contribution in [3.63, 3.8) is 0 Å². The van der Waals surface area contributed by atoms with E-state index in [0.717, 1.165) is 37.9 Å². The molecule has 2 rings (SSSR count). The Labute approximate surface area is 127 Å². The summed E-state index contributed by atoms with van der Waals surface area (Å²) >= 11 is 0. The molecule has 1 aromatic rings. The van der Waals surface area contributed by atoms with Crippen LogP contribution in [0.1, 0.15) is 38.7 Å². The van der Waals surface area contributed by atoms with E-state index in [2.05, 4.69) is 42.7 Å². The molecule has 1 aromatic carbocycles. The normalized spacial score (nSPS) is 15.4. The molecule has 114 valence electrons. The zero-order valence-corrected chi connectivity index (χ0v) is 13.1. The van der Waals surface area contributed by atoms with Crippen LogP contribution in [-0.2, 0) is 10.2 Å². The van der Waals surface area contributed by atoms with Crippen molar-refractivity contribution in [1.29, 1.82) is 0 Å². The van der Waals surface area contributed by atoms with E-state index >= 15 is 0 Å². The van der Waals surface area contributed by atoms with E-state index in [-0.39, 0.29) is 5.91 Å². The first-order valence-corrected chi connectivity index (χ1v) is 7.95. The predicted octanol–water partition coefficient (Wildman–Crippen LogP) is 2.78. The molecule has 21 heavy (non-hydrogen) atoms. The second-order valence-corrected chi connectivity index (χ2v) is 5.65. The lowest BCUT2D eigenvalue weighted by Gasteiger charge is -2.31. The van der Waals surface area contributed by atoms with Gasteiger partial charge in [0.05, 0.1) is 5.41 Å². The standard InChI is InChI=1S/C18H26N2O/c1-3-18(4-2,16-8-6-5-7-9-16)17(21)20-14-15-10-12-19-13-11-15/h5-10,19H,3-4,11-14H2,1-2H3,(H,20,21). The van der Waals surface area contributed by atoms with Crippen molar-refractivity contribution in [2.24, 2.45) is 0 Å². The Hall–Kier alpha value is -1.61. The van der Waals surface area contributed by atoms with Crippen LogP contribution in [0.3, 0.4) is 0 Å². The fourth-order valence-corrected chi connectivity index (χ4v) is 3.06. The van der Waals surface area contributed by atoms with Gasteiger partial charge in [-0.2, -0.15) is 0 Å². The molecule has 0 radical (unpaired) electrons. The first-order chi connectivity index (χ1) is 10.2. The number of carbonyl (C=O) groups is 1. The summed E-state index contributed by atoms with van der Waals surface area (Å²) in [7, 11) is 0. The largest absolute Gasteiger partial charge is 0.352 e. The maximum Gasteiger partial charge on any atom is 0.230 e. The first kappa shape index (κ1) is 15.8. The molecule has 0 unspecified atom stereocenters. The SMILES string of the molecule is CCC(CC)(C(=O)NCC1=CCNCC1)c1ccccc1. The van der Waals surface area contributed by atoms with Gasteiger partial charge in [-0.1, -0.05) is 55.8 Å². The molecule has 2 N–H and O–H groups in total. The van der Waals surface area contributed by atoms with Crippen molar-refractivity contribution in [1.82, 2.24) is 10.6 Å². The maximum atomic E-state index is 12.8. The van der Waals surface area contributed by atoms with Crippen molar-refractivity contribution < 1.29 is 4.79 Å². The Morgan fingerprint density at radius 3 is 2.52 bits per heavy atom. The third kappa shape index (κ3) is 3.53. The topological polar surface area (TPSA) is 41.1 Å². The number of benzene rings is 1. The zero-order valence-electron chi connectivity index (χ0n) is 13.1. The van der Waals surface area contributed by atoms with Gasteiger partial charge in [0.15, 0.2) is 0 Å². The lowest BCUT2D eigenvalue weighted by atomic mass is 9.75. The van der Waals surface area contributed by atoms with Crippen LogP contribution in [0.15, 0.2) is 42.0 Å².